The molecule has 0 unspecified atom stereocenters. The standard InChI is InChI=1S/C23H25FN6O3/c1-29(2)21-18-5-3-4-6-20(18)27-23(28-21)26-15-9-7-14(8-10-15)25-22(31)17-12-11-16(30(32)33)13-19(17)24/h3-6,11-15H,7-10H2,1-2H3,(H,25,31)(H,26,27,28). The van der Waals surface area contributed by atoms with Gasteiger partial charge >= 0.3 is 0 Å². The number of nitrogens with zero attached hydrogens (tertiary/aromatic N) is 4. The van der Waals surface area contributed by atoms with Crippen molar-refractivity contribution in [1.82, 2.24) is 15.3 Å². The van der Waals surface area contributed by atoms with Gasteiger partial charge in [0.15, 0.2) is 0 Å². The van der Waals surface area contributed by atoms with E-state index in [1.807, 2.05) is 43.3 Å². The molecule has 1 aliphatic rings. The normalized spacial score (nSPS) is 18.0. The molecule has 9 nitrogen and oxygen atoms in total. The lowest BCUT2D eigenvalue weighted by Crippen LogP contribution is -2.40. The Labute approximate surface area is 190 Å². The van der Waals surface area contributed by atoms with Crippen molar-refractivity contribution in [3.05, 3.63) is 64.0 Å². The molecule has 0 atom stereocenters. The van der Waals surface area contributed by atoms with Gasteiger partial charge in [0.1, 0.15) is 11.6 Å². The van der Waals surface area contributed by atoms with Gasteiger partial charge in [0.2, 0.25) is 5.95 Å². The van der Waals surface area contributed by atoms with Crippen LogP contribution in [-0.4, -0.2) is 47.0 Å². The van der Waals surface area contributed by atoms with E-state index in [2.05, 4.69) is 20.6 Å². The monoisotopic (exact) mass is 452 g/mol. The van der Waals surface area contributed by atoms with E-state index >= 15 is 0 Å². The van der Waals surface area contributed by atoms with Crippen LogP contribution in [0.5, 0.6) is 0 Å². The van der Waals surface area contributed by atoms with Crippen LogP contribution < -0.4 is 15.5 Å². The van der Waals surface area contributed by atoms with Gasteiger partial charge < -0.3 is 15.5 Å². The lowest BCUT2D eigenvalue weighted by atomic mass is 9.91. The van der Waals surface area contributed by atoms with Crippen molar-refractivity contribution in [3.8, 4) is 0 Å². The summed E-state index contributed by atoms with van der Waals surface area (Å²) in [5.41, 5.74) is 0.287. The number of nitro groups is 1. The molecule has 1 saturated carbocycles. The lowest BCUT2D eigenvalue weighted by molar-refractivity contribution is -0.385. The summed E-state index contributed by atoms with van der Waals surface area (Å²) in [7, 11) is 3.89. The molecule has 172 valence electrons. The molecule has 0 aliphatic heterocycles. The van der Waals surface area contributed by atoms with Gasteiger partial charge in [0.05, 0.1) is 22.1 Å². The zero-order chi connectivity index (χ0) is 23.5. The molecule has 1 aromatic heterocycles. The van der Waals surface area contributed by atoms with Crippen molar-refractivity contribution in [2.45, 2.75) is 37.8 Å². The average molecular weight is 452 g/mol. The number of rotatable bonds is 6. The quantitative estimate of drug-likeness (QED) is 0.431. The molecule has 0 radical (unpaired) electrons. The fourth-order valence-electron chi connectivity index (χ4n) is 4.09. The largest absolute Gasteiger partial charge is 0.362 e. The molecule has 2 N–H and O–H groups in total. The maximum Gasteiger partial charge on any atom is 0.272 e. The molecule has 0 spiro atoms. The predicted octanol–water partition coefficient (Wildman–Crippen LogP) is 3.90. The van der Waals surface area contributed by atoms with Gasteiger partial charge in [-0.25, -0.2) is 9.37 Å². The Balaban J connectivity index is 1.37. The van der Waals surface area contributed by atoms with Gasteiger partial charge in [0, 0.05) is 37.6 Å². The Morgan fingerprint density at radius 2 is 1.79 bits per heavy atom. The van der Waals surface area contributed by atoms with Crippen LogP contribution in [-0.2, 0) is 0 Å². The molecule has 3 aromatic rings. The summed E-state index contributed by atoms with van der Waals surface area (Å²) in [4.78, 5) is 33.8. The minimum atomic E-state index is -0.901. The van der Waals surface area contributed by atoms with Crippen molar-refractivity contribution < 1.29 is 14.1 Å². The van der Waals surface area contributed by atoms with E-state index in [1.165, 1.54) is 0 Å². The third kappa shape index (κ3) is 5.00. The summed E-state index contributed by atoms with van der Waals surface area (Å²) in [6, 6.07) is 11.0. The molecule has 33 heavy (non-hydrogen) atoms. The van der Waals surface area contributed by atoms with Crippen LogP contribution in [0.4, 0.5) is 21.8 Å². The van der Waals surface area contributed by atoms with Crippen molar-refractivity contribution in [3.63, 3.8) is 0 Å². The second-order valence-electron chi connectivity index (χ2n) is 8.37. The van der Waals surface area contributed by atoms with E-state index in [0.29, 0.717) is 18.8 Å². The van der Waals surface area contributed by atoms with Crippen LogP contribution in [0.25, 0.3) is 10.9 Å². The van der Waals surface area contributed by atoms with Crippen LogP contribution in [0.3, 0.4) is 0 Å². The maximum absolute atomic E-state index is 14.1. The highest BCUT2D eigenvalue weighted by atomic mass is 19.1. The first-order valence-corrected chi connectivity index (χ1v) is 10.8. The van der Waals surface area contributed by atoms with Crippen molar-refractivity contribution in [2.75, 3.05) is 24.3 Å². The molecule has 0 bridgehead atoms. The number of anilines is 2. The van der Waals surface area contributed by atoms with Gasteiger partial charge in [-0.2, -0.15) is 4.98 Å². The molecule has 1 heterocycles. The Morgan fingerprint density at radius 1 is 1.09 bits per heavy atom. The molecular weight excluding hydrogens is 427 g/mol. The second kappa shape index (κ2) is 9.35. The van der Waals surface area contributed by atoms with Crippen LogP contribution in [0.15, 0.2) is 42.5 Å². The number of non-ortho nitro benzene ring substituents is 1. The molecule has 2 aromatic carbocycles. The second-order valence-corrected chi connectivity index (χ2v) is 8.37. The van der Waals surface area contributed by atoms with Gasteiger partial charge in [-0.05, 0) is 43.9 Å². The highest BCUT2D eigenvalue weighted by Crippen LogP contribution is 2.26. The van der Waals surface area contributed by atoms with Gasteiger partial charge in [-0.15, -0.1) is 0 Å². The maximum atomic E-state index is 14.1. The van der Waals surface area contributed by atoms with Gasteiger partial charge in [0.25, 0.3) is 11.6 Å². The number of fused-ring (bicyclic) bond motifs is 1. The van der Waals surface area contributed by atoms with Crippen LogP contribution >= 0.6 is 0 Å². The zero-order valence-corrected chi connectivity index (χ0v) is 18.4. The SMILES string of the molecule is CN(C)c1nc(NC2CCC(NC(=O)c3ccc([N+](=O)[O-])cc3F)CC2)nc2ccccc12. The number of amides is 1. The first-order chi connectivity index (χ1) is 15.8. The van der Waals surface area contributed by atoms with Crippen molar-refractivity contribution >= 4 is 34.3 Å². The molecule has 10 heteroatoms. The number of hydrogen-bond acceptors (Lipinski definition) is 7. The van der Waals surface area contributed by atoms with Crippen LogP contribution in [0.2, 0.25) is 0 Å². The summed E-state index contributed by atoms with van der Waals surface area (Å²) in [6.07, 6.45) is 3.01. The summed E-state index contributed by atoms with van der Waals surface area (Å²) >= 11 is 0. The topological polar surface area (TPSA) is 113 Å². The van der Waals surface area contributed by atoms with Crippen molar-refractivity contribution in [1.29, 1.82) is 0 Å². The van der Waals surface area contributed by atoms with E-state index in [1.54, 1.807) is 0 Å². The average Bonchev–Trinajstić information content (AvgIpc) is 2.79. The predicted molar refractivity (Wildman–Crippen MR) is 124 cm³/mol. The highest BCUT2D eigenvalue weighted by Gasteiger charge is 2.25. The molecular formula is C23H25FN6O3. The minimum Gasteiger partial charge on any atom is -0.362 e. The van der Waals surface area contributed by atoms with E-state index in [4.69, 9.17) is 0 Å². The lowest BCUT2D eigenvalue weighted by Gasteiger charge is -2.30. The third-order valence-electron chi connectivity index (χ3n) is 5.81. The fraction of sp³-hybridized carbons (Fsp3) is 0.348. The molecule has 1 fully saturated rings. The molecule has 1 amide bonds. The van der Waals surface area contributed by atoms with E-state index in [-0.39, 0.29) is 23.3 Å². The molecule has 4 rings (SSSR count). The summed E-state index contributed by atoms with van der Waals surface area (Å²) in [5, 5.41) is 18.0. The van der Waals surface area contributed by atoms with E-state index in [9.17, 15) is 19.3 Å². The van der Waals surface area contributed by atoms with Crippen LogP contribution in [0, 0.1) is 15.9 Å². The molecule has 1 aliphatic carbocycles. The Bertz CT molecular complexity index is 1190. The minimum absolute atomic E-state index is 0.0972. The smallest absolute Gasteiger partial charge is 0.272 e. The number of carbonyl (C=O) groups is 1. The fourth-order valence-corrected chi connectivity index (χ4v) is 4.09. The molecule has 0 saturated heterocycles. The van der Waals surface area contributed by atoms with Crippen LogP contribution in [0.1, 0.15) is 36.0 Å². The first kappa shape index (κ1) is 22.4. The number of nitrogens with one attached hydrogen (secondary N) is 2. The highest BCUT2D eigenvalue weighted by molar-refractivity contribution is 5.95. The number of para-hydroxylation sites is 1. The number of nitro benzene ring substituents is 1. The van der Waals surface area contributed by atoms with Gasteiger partial charge in [-0.1, -0.05) is 12.1 Å². The summed E-state index contributed by atoms with van der Waals surface area (Å²) in [5.74, 6) is -0.0542. The summed E-state index contributed by atoms with van der Waals surface area (Å²) < 4.78 is 14.1. The van der Waals surface area contributed by atoms with E-state index < -0.39 is 16.6 Å². The zero-order valence-electron chi connectivity index (χ0n) is 18.4. The first-order valence-electron chi connectivity index (χ1n) is 10.8. The Kier molecular flexibility index (Phi) is 6.34. The third-order valence-corrected chi connectivity index (χ3v) is 5.81. The Hall–Kier alpha value is -3.82. The van der Waals surface area contributed by atoms with Gasteiger partial charge in [-0.3, -0.25) is 14.9 Å². The van der Waals surface area contributed by atoms with E-state index in [0.717, 1.165) is 47.8 Å². The summed E-state index contributed by atoms with van der Waals surface area (Å²) in [6.45, 7) is 0. The van der Waals surface area contributed by atoms with Crippen molar-refractivity contribution in [2.24, 2.45) is 0 Å². The number of aromatic nitrogens is 2. The number of hydrogen-bond donors (Lipinski definition) is 2. The number of halogens is 1. The number of benzene rings is 2. The Morgan fingerprint density at radius 3 is 2.45 bits per heavy atom. The number of carbonyl (C=O) groups excluding carboxylic acids is 1.